The van der Waals surface area contributed by atoms with Crippen molar-refractivity contribution in [1.82, 2.24) is 4.90 Å². The van der Waals surface area contributed by atoms with E-state index >= 15 is 0 Å². The van der Waals surface area contributed by atoms with Crippen molar-refractivity contribution in [2.45, 2.75) is 51.6 Å². The SMILES string of the molecule is CC(C)N(CCCO)C1CCCC1C#N. The standard InChI is InChI=1S/C12H22N2O/c1-10(2)14(7-4-8-15)12-6-3-5-11(12)9-13/h10-12,15H,3-8H2,1-2H3. The number of aliphatic hydroxyl groups excluding tert-OH is 1. The Morgan fingerprint density at radius 2 is 2.20 bits per heavy atom. The molecule has 1 aliphatic carbocycles. The molecule has 0 aromatic heterocycles. The second-order valence-corrected chi connectivity index (χ2v) is 4.64. The summed E-state index contributed by atoms with van der Waals surface area (Å²) >= 11 is 0. The minimum absolute atomic E-state index is 0.200. The van der Waals surface area contributed by atoms with Crippen molar-refractivity contribution in [2.24, 2.45) is 5.92 Å². The summed E-state index contributed by atoms with van der Waals surface area (Å²) in [6.45, 7) is 5.50. The van der Waals surface area contributed by atoms with Gasteiger partial charge in [-0.3, -0.25) is 4.90 Å². The number of rotatable bonds is 5. The van der Waals surface area contributed by atoms with Gasteiger partial charge in [-0.15, -0.1) is 0 Å². The van der Waals surface area contributed by atoms with Crippen LogP contribution in [0.3, 0.4) is 0 Å². The molecule has 0 heterocycles. The Morgan fingerprint density at radius 3 is 2.73 bits per heavy atom. The van der Waals surface area contributed by atoms with Gasteiger partial charge in [-0.05, 0) is 33.1 Å². The summed E-state index contributed by atoms with van der Waals surface area (Å²) in [5.74, 6) is 0.200. The topological polar surface area (TPSA) is 47.3 Å². The number of nitrogens with zero attached hydrogens (tertiary/aromatic N) is 2. The number of hydrogen-bond acceptors (Lipinski definition) is 3. The number of nitriles is 1. The van der Waals surface area contributed by atoms with Crippen molar-refractivity contribution in [2.75, 3.05) is 13.2 Å². The summed E-state index contributed by atoms with van der Waals surface area (Å²) in [7, 11) is 0. The van der Waals surface area contributed by atoms with Crippen molar-refractivity contribution in [1.29, 1.82) is 5.26 Å². The second-order valence-electron chi connectivity index (χ2n) is 4.64. The predicted molar refractivity (Wildman–Crippen MR) is 60.3 cm³/mol. The molecule has 0 aliphatic heterocycles. The molecule has 0 saturated heterocycles. The minimum atomic E-state index is 0.200. The van der Waals surface area contributed by atoms with Gasteiger partial charge in [-0.1, -0.05) is 6.42 Å². The second kappa shape index (κ2) is 6.09. The monoisotopic (exact) mass is 210 g/mol. The lowest BCUT2D eigenvalue weighted by atomic mass is 10.0. The molecular weight excluding hydrogens is 188 g/mol. The van der Waals surface area contributed by atoms with Gasteiger partial charge >= 0.3 is 0 Å². The fraction of sp³-hybridized carbons (Fsp3) is 0.917. The molecule has 0 aromatic rings. The van der Waals surface area contributed by atoms with Crippen LogP contribution in [0.4, 0.5) is 0 Å². The summed E-state index contributed by atoms with van der Waals surface area (Å²) in [5, 5.41) is 17.9. The maximum absolute atomic E-state index is 9.07. The Kier molecular flexibility index (Phi) is 5.07. The molecule has 2 unspecified atom stereocenters. The molecular formula is C12H22N2O. The molecule has 1 N–H and O–H groups in total. The van der Waals surface area contributed by atoms with E-state index in [1.165, 1.54) is 6.42 Å². The van der Waals surface area contributed by atoms with Crippen LogP contribution in [-0.4, -0.2) is 35.2 Å². The summed E-state index contributed by atoms with van der Waals surface area (Å²) in [5.41, 5.74) is 0. The van der Waals surface area contributed by atoms with E-state index in [1.54, 1.807) is 0 Å². The molecule has 15 heavy (non-hydrogen) atoms. The predicted octanol–water partition coefficient (Wildman–Crippen LogP) is 1.77. The van der Waals surface area contributed by atoms with Gasteiger partial charge in [-0.25, -0.2) is 0 Å². The van der Waals surface area contributed by atoms with Gasteiger partial charge in [0.05, 0.1) is 12.0 Å². The summed E-state index contributed by atoms with van der Waals surface area (Å²) < 4.78 is 0. The van der Waals surface area contributed by atoms with Gasteiger partial charge in [0.2, 0.25) is 0 Å². The average Bonchev–Trinajstić information content (AvgIpc) is 2.66. The van der Waals surface area contributed by atoms with E-state index < -0.39 is 0 Å². The van der Waals surface area contributed by atoms with Crippen molar-refractivity contribution >= 4 is 0 Å². The van der Waals surface area contributed by atoms with Gasteiger partial charge < -0.3 is 5.11 Å². The first-order valence-electron chi connectivity index (χ1n) is 5.97. The Bertz CT molecular complexity index is 222. The van der Waals surface area contributed by atoms with E-state index in [0.29, 0.717) is 12.1 Å². The number of aliphatic hydroxyl groups is 1. The number of hydrogen-bond donors (Lipinski definition) is 1. The lowest BCUT2D eigenvalue weighted by molar-refractivity contribution is 0.124. The highest BCUT2D eigenvalue weighted by molar-refractivity contribution is 4.98. The quantitative estimate of drug-likeness (QED) is 0.752. The van der Waals surface area contributed by atoms with E-state index in [4.69, 9.17) is 10.4 Å². The van der Waals surface area contributed by atoms with Crippen molar-refractivity contribution in [3.05, 3.63) is 0 Å². The van der Waals surface area contributed by atoms with Crippen LogP contribution in [0.2, 0.25) is 0 Å². The zero-order valence-corrected chi connectivity index (χ0v) is 9.82. The van der Waals surface area contributed by atoms with Crippen LogP contribution < -0.4 is 0 Å². The van der Waals surface area contributed by atoms with E-state index in [-0.39, 0.29) is 12.5 Å². The Labute approximate surface area is 92.7 Å². The van der Waals surface area contributed by atoms with Crippen LogP contribution in [0.25, 0.3) is 0 Å². The lowest BCUT2D eigenvalue weighted by Gasteiger charge is -2.34. The molecule has 1 saturated carbocycles. The third-order valence-electron chi connectivity index (χ3n) is 3.31. The Balaban J connectivity index is 2.58. The van der Waals surface area contributed by atoms with Crippen LogP contribution in [0, 0.1) is 17.2 Å². The van der Waals surface area contributed by atoms with E-state index in [0.717, 1.165) is 25.8 Å². The molecule has 0 radical (unpaired) electrons. The molecule has 3 nitrogen and oxygen atoms in total. The summed E-state index contributed by atoms with van der Waals surface area (Å²) in [6, 6.07) is 3.31. The van der Waals surface area contributed by atoms with Gasteiger partial charge in [0.15, 0.2) is 0 Å². The largest absolute Gasteiger partial charge is 0.396 e. The maximum Gasteiger partial charge on any atom is 0.0672 e. The molecule has 2 atom stereocenters. The van der Waals surface area contributed by atoms with Crippen LogP contribution in [-0.2, 0) is 0 Å². The fourth-order valence-corrected chi connectivity index (χ4v) is 2.55. The Morgan fingerprint density at radius 1 is 1.47 bits per heavy atom. The Hall–Kier alpha value is -0.590. The highest BCUT2D eigenvalue weighted by Crippen LogP contribution is 2.30. The zero-order chi connectivity index (χ0) is 11.3. The van der Waals surface area contributed by atoms with E-state index in [2.05, 4.69) is 24.8 Å². The third-order valence-corrected chi connectivity index (χ3v) is 3.31. The first-order chi connectivity index (χ1) is 7.20. The third kappa shape index (κ3) is 3.19. The summed E-state index contributed by atoms with van der Waals surface area (Å²) in [6.07, 6.45) is 4.17. The van der Waals surface area contributed by atoms with Gasteiger partial charge in [0.1, 0.15) is 0 Å². The molecule has 1 aliphatic rings. The highest BCUT2D eigenvalue weighted by Gasteiger charge is 2.32. The van der Waals surface area contributed by atoms with Gasteiger partial charge in [0, 0.05) is 25.2 Å². The molecule has 86 valence electrons. The molecule has 1 fully saturated rings. The molecule has 0 bridgehead atoms. The molecule has 0 aromatic carbocycles. The first kappa shape index (κ1) is 12.5. The van der Waals surface area contributed by atoms with Crippen molar-refractivity contribution < 1.29 is 5.11 Å². The van der Waals surface area contributed by atoms with Crippen LogP contribution in [0.1, 0.15) is 39.5 Å². The average molecular weight is 210 g/mol. The van der Waals surface area contributed by atoms with Crippen LogP contribution in [0.15, 0.2) is 0 Å². The van der Waals surface area contributed by atoms with E-state index in [9.17, 15) is 0 Å². The van der Waals surface area contributed by atoms with Crippen LogP contribution in [0.5, 0.6) is 0 Å². The molecule has 3 heteroatoms. The summed E-state index contributed by atoms with van der Waals surface area (Å²) in [4.78, 5) is 2.39. The molecule has 0 spiro atoms. The maximum atomic E-state index is 9.07. The normalized spacial score (nSPS) is 26.1. The van der Waals surface area contributed by atoms with Crippen LogP contribution >= 0.6 is 0 Å². The zero-order valence-electron chi connectivity index (χ0n) is 9.82. The molecule has 1 rings (SSSR count). The minimum Gasteiger partial charge on any atom is -0.396 e. The first-order valence-corrected chi connectivity index (χ1v) is 5.97. The highest BCUT2D eigenvalue weighted by atomic mass is 16.3. The van der Waals surface area contributed by atoms with Crippen molar-refractivity contribution in [3.8, 4) is 6.07 Å². The molecule has 0 amide bonds. The smallest absolute Gasteiger partial charge is 0.0672 e. The lowest BCUT2D eigenvalue weighted by Crippen LogP contribution is -2.43. The van der Waals surface area contributed by atoms with Gasteiger partial charge in [-0.2, -0.15) is 5.26 Å². The fourth-order valence-electron chi connectivity index (χ4n) is 2.55. The van der Waals surface area contributed by atoms with E-state index in [1.807, 2.05) is 0 Å². The van der Waals surface area contributed by atoms with Gasteiger partial charge in [0.25, 0.3) is 0 Å². The van der Waals surface area contributed by atoms with Crippen molar-refractivity contribution in [3.63, 3.8) is 0 Å².